The van der Waals surface area contributed by atoms with E-state index < -0.39 is 10.8 Å². The molecular weight excluding hydrogens is 358 g/mol. The number of carbonyl (C=O) groups is 1. The average Bonchev–Trinajstić information content (AvgIpc) is 3.16. The van der Waals surface area contributed by atoms with Crippen molar-refractivity contribution in [1.82, 2.24) is 4.57 Å². The third kappa shape index (κ3) is 3.45. The molecular formula is C17H15N3O3S2. The first-order valence-electron chi connectivity index (χ1n) is 7.43. The predicted octanol–water partition coefficient (Wildman–Crippen LogP) is 3.97. The lowest BCUT2D eigenvalue weighted by Crippen LogP contribution is -2.12. The van der Waals surface area contributed by atoms with Gasteiger partial charge >= 0.3 is 5.00 Å². The maximum absolute atomic E-state index is 12.1. The highest BCUT2D eigenvalue weighted by molar-refractivity contribution is 7.16. The van der Waals surface area contributed by atoms with E-state index in [1.165, 1.54) is 23.5 Å². The van der Waals surface area contributed by atoms with E-state index in [1.54, 1.807) is 12.1 Å². The van der Waals surface area contributed by atoms with Gasteiger partial charge in [0.15, 0.2) is 4.80 Å². The number of nitro groups is 1. The van der Waals surface area contributed by atoms with Gasteiger partial charge in [-0.1, -0.05) is 34.8 Å². The summed E-state index contributed by atoms with van der Waals surface area (Å²) in [7, 11) is 1.89. The Bertz CT molecular complexity index is 1090. The molecule has 1 aromatic carbocycles. The van der Waals surface area contributed by atoms with Crippen molar-refractivity contribution in [2.75, 3.05) is 0 Å². The lowest BCUT2D eigenvalue weighted by atomic mass is 10.1. The summed E-state index contributed by atoms with van der Waals surface area (Å²) in [5, 5.41) is 10.7. The van der Waals surface area contributed by atoms with E-state index in [2.05, 4.69) is 17.1 Å². The number of amides is 1. The molecule has 0 atom stereocenters. The molecule has 25 heavy (non-hydrogen) atoms. The Kier molecular flexibility index (Phi) is 4.65. The van der Waals surface area contributed by atoms with E-state index in [4.69, 9.17) is 0 Å². The molecule has 1 amide bonds. The minimum Gasteiger partial charge on any atom is -0.319 e. The molecule has 3 aromatic rings. The van der Waals surface area contributed by atoms with Crippen LogP contribution in [0.3, 0.4) is 0 Å². The monoisotopic (exact) mass is 373 g/mol. The van der Waals surface area contributed by atoms with Gasteiger partial charge in [-0.3, -0.25) is 14.9 Å². The largest absolute Gasteiger partial charge is 0.324 e. The summed E-state index contributed by atoms with van der Waals surface area (Å²) in [4.78, 5) is 27.8. The summed E-state index contributed by atoms with van der Waals surface area (Å²) < 4.78 is 3.04. The summed E-state index contributed by atoms with van der Waals surface area (Å²) in [6.07, 6.45) is 2.88. The molecule has 2 aromatic heterocycles. The van der Waals surface area contributed by atoms with Gasteiger partial charge in [-0.05, 0) is 37.1 Å². The zero-order valence-corrected chi connectivity index (χ0v) is 15.5. The summed E-state index contributed by atoms with van der Waals surface area (Å²) in [6.45, 7) is 4.07. The van der Waals surface area contributed by atoms with Crippen molar-refractivity contribution >= 4 is 49.9 Å². The number of hydrogen-bond acceptors (Lipinski definition) is 5. The molecule has 3 rings (SSSR count). The highest BCUT2D eigenvalue weighted by Crippen LogP contribution is 2.25. The number of nitrogens with zero attached hydrogens (tertiary/aromatic N) is 3. The fraction of sp³-hybridized carbons (Fsp3) is 0.176. The second kappa shape index (κ2) is 6.73. The Balaban J connectivity index is 1.93. The predicted molar refractivity (Wildman–Crippen MR) is 101 cm³/mol. The summed E-state index contributed by atoms with van der Waals surface area (Å²) >= 11 is 2.50. The van der Waals surface area contributed by atoms with Gasteiger partial charge in [0, 0.05) is 24.1 Å². The second-order valence-electron chi connectivity index (χ2n) is 5.54. The van der Waals surface area contributed by atoms with Crippen LogP contribution in [0.25, 0.3) is 16.3 Å². The number of aromatic nitrogens is 1. The topological polar surface area (TPSA) is 77.5 Å². The SMILES string of the molecule is Cc1ccc(C)c2c1sc(=NC(=O)/C=C/c1ccc([N+](=O)[O-])s1)n2C. The number of thiophene rings is 1. The maximum Gasteiger partial charge on any atom is 0.324 e. The van der Waals surface area contributed by atoms with Gasteiger partial charge in [0.1, 0.15) is 0 Å². The second-order valence-corrected chi connectivity index (χ2v) is 7.61. The van der Waals surface area contributed by atoms with E-state index in [0.29, 0.717) is 9.68 Å². The van der Waals surface area contributed by atoms with E-state index in [9.17, 15) is 14.9 Å². The Morgan fingerprint density at radius 3 is 2.56 bits per heavy atom. The van der Waals surface area contributed by atoms with Crippen LogP contribution in [0.2, 0.25) is 0 Å². The quantitative estimate of drug-likeness (QED) is 0.396. The molecule has 0 radical (unpaired) electrons. The van der Waals surface area contributed by atoms with Crippen LogP contribution >= 0.6 is 22.7 Å². The van der Waals surface area contributed by atoms with Crippen LogP contribution in [0.4, 0.5) is 5.00 Å². The Labute approximate surface area is 151 Å². The van der Waals surface area contributed by atoms with Crippen molar-refractivity contribution in [2.24, 2.45) is 12.0 Å². The fourth-order valence-electron chi connectivity index (χ4n) is 2.48. The Morgan fingerprint density at radius 2 is 1.92 bits per heavy atom. The molecule has 0 aliphatic rings. The molecule has 0 spiro atoms. The van der Waals surface area contributed by atoms with Crippen molar-refractivity contribution in [3.63, 3.8) is 0 Å². The first kappa shape index (κ1) is 17.2. The molecule has 0 aliphatic carbocycles. The molecule has 0 saturated carbocycles. The fourth-order valence-corrected chi connectivity index (χ4v) is 4.38. The summed E-state index contributed by atoms with van der Waals surface area (Å²) in [6, 6.07) is 7.14. The number of hydrogen-bond donors (Lipinski definition) is 0. The lowest BCUT2D eigenvalue weighted by molar-refractivity contribution is -0.380. The van der Waals surface area contributed by atoms with Gasteiger partial charge in [-0.25, -0.2) is 0 Å². The maximum atomic E-state index is 12.1. The standard InChI is InChI=1S/C17H15N3O3S2/c1-10-4-5-11(2)16-15(10)19(3)17(25-16)18-13(21)8-6-12-7-9-14(24-12)20(22)23/h4-9H,1-3H3/b8-6+,18-17?. The van der Waals surface area contributed by atoms with E-state index in [0.717, 1.165) is 32.7 Å². The minimum atomic E-state index is -0.448. The van der Waals surface area contributed by atoms with Crippen LogP contribution in [-0.2, 0) is 11.8 Å². The van der Waals surface area contributed by atoms with Gasteiger partial charge in [-0.15, -0.1) is 0 Å². The molecule has 6 nitrogen and oxygen atoms in total. The van der Waals surface area contributed by atoms with Crippen LogP contribution in [0.5, 0.6) is 0 Å². The number of carbonyl (C=O) groups excluding carboxylic acids is 1. The zero-order valence-electron chi connectivity index (χ0n) is 13.8. The van der Waals surface area contributed by atoms with Crippen LogP contribution in [0.15, 0.2) is 35.3 Å². The van der Waals surface area contributed by atoms with Crippen molar-refractivity contribution in [1.29, 1.82) is 0 Å². The molecule has 0 unspecified atom stereocenters. The average molecular weight is 373 g/mol. The van der Waals surface area contributed by atoms with Gasteiger partial charge in [0.25, 0.3) is 5.91 Å². The van der Waals surface area contributed by atoms with E-state index >= 15 is 0 Å². The zero-order chi connectivity index (χ0) is 18.1. The minimum absolute atomic E-state index is 0.0471. The van der Waals surface area contributed by atoms with Crippen molar-refractivity contribution in [3.8, 4) is 0 Å². The van der Waals surface area contributed by atoms with Crippen LogP contribution in [0, 0.1) is 24.0 Å². The molecule has 0 N–H and O–H groups in total. The van der Waals surface area contributed by atoms with E-state index in [-0.39, 0.29) is 5.00 Å². The third-order valence-corrected chi connectivity index (χ3v) is 6.00. The van der Waals surface area contributed by atoms with Crippen LogP contribution in [-0.4, -0.2) is 15.4 Å². The summed E-state index contributed by atoms with van der Waals surface area (Å²) in [5.74, 6) is -0.395. The van der Waals surface area contributed by atoms with Crippen LogP contribution < -0.4 is 4.80 Å². The smallest absolute Gasteiger partial charge is 0.319 e. The number of aryl methyl sites for hydroxylation is 3. The highest BCUT2D eigenvalue weighted by Gasteiger charge is 2.10. The molecule has 128 valence electrons. The normalized spacial score (nSPS) is 12.4. The third-order valence-electron chi connectivity index (χ3n) is 3.73. The molecule has 0 bridgehead atoms. The van der Waals surface area contributed by atoms with Crippen LogP contribution in [0.1, 0.15) is 16.0 Å². The first-order valence-corrected chi connectivity index (χ1v) is 9.07. The number of rotatable bonds is 3. The van der Waals surface area contributed by atoms with Gasteiger partial charge in [0.2, 0.25) is 0 Å². The van der Waals surface area contributed by atoms with E-state index in [1.807, 2.05) is 25.5 Å². The molecule has 8 heteroatoms. The van der Waals surface area contributed by atoms with Crippen molar-refractivity contribution < 1.29 is 9.72 Å². The van der Waals surface area contributed by atoms with Gasteiger partial charge in [0.05, 0.1) is 15.1 Å². The number of fused-ring (bicyclic) bond motifs is 1. The van der Waals surface area contributed by atoms with Gasteiger partial charge in [-0.2, -0.15) is 4.99 Å². The Morgan fingerprint density at radius 1 is 1.20 bits per heavy atom. The Hall–Kier alpha value is -2.58. The highest BCUT2D eigenvalue weighted by atomic mass is 32.1. The summed E-state index contributed by atoms with van der Waals surface area (Å²) in [5.41, 5.74) is 3.36. The molecule has 0 aliphatic heterocycles. The molecule has 0 fully saturated rings. The number of thiazole rings is 1. The molecule has 0 saturated heterocycles. The van der Waals surface area contributed by atoms with Crippen molar-refractivity contribution in [2.45, 2.75) is 13.8 Å². The molecule has 2 heterocycles. The van der Waals surface area contributed by atoms with Crippen molar-refractivity contribution in [3.05, 3.63) is 61.3 Å². The first-order chi connectivity index (χ1) is 11.9. The lowest BCUT2D eigenvalue weighted by Gasteiger charge is -2.01. The van der Waals surface area contributed by atoms with Gasteiger partial charge < -0.3 is 4.57 Å². The number of benzene rings is 1.